The highest BCUT2D eigenvalue weighted by atomic mass is 79.9. The number of carbonyl (C=O) groups excluding carboxylic acids is 1. The van der Waals surface area contributed by atoms with Crippen molar-refractivity contribution in [2.24, 2.45) is 0 Å². The Hall–Kier alpha value is -0.910. The molecule has 2 rings (SSSR count). The van der Waals surface area contributed by atoms with Crippen LogP contribution in [-0.2, 0) is 4.79 Å². The lowest BCUT2D eigenvalue weighted by Gasteiger charge is -2.27. The second-order valence-corrected chi connectivity index (χ2v) is 6.38. The van der Waals surface area contributed by atoms with E-state index in [0.29, 0.717) is 38.4 Å². The Labute approximate surface area is 134 Å². The summed E-state index contributed by atoms with van der Waals surface area (Å²) in [5.41, 5.74) is 1.12. The van der Waals surface area contributed by atoms with E-state index in [9.17, 15) is 14.9 Å². The minimum atomic E-state index is -0.866. The molecule has 7 heteroatoms. The van der Waals surface area contributed by atoms with E-state index in [2.05, 4.69) is 15.9 Å². The van der Waals surface area contributed by atoms with Crippen molar-refractivity contribution >= 4 is 45.4 Å². The van der Waals surface area contributed by atoms with Crippen LogP contribution >= 0.6 is 39.1 Å². The van der Waals surface area contributed by atoms with E-state index in [1.54, 1.807) is 18.2 Å². The van der Waals surface area contributed by atoms with Crippen LogP contribution in [0.2, 0.25) is 10.0 Å². The Balaban J connectivity index is 2.45. The van der Waals surface area contributed by atoms with E-state index < -0.39 is 6.04 Å². The number of hydrogen-bond acceptors (Lipinski definition) is 3. The van der Waals surface area contributed by atoms with Gasteiger partial charge in [0, 0.05) is 31.4 Å². The Bertz CT molecular complexity index is 603. The van der Waals surface area contributed by atoms with Crippen LogP contribution in [-0.4, -0.2) is 17.3 Å². The molecular weight excluding hydrogens is 369 g/mol. The topological polar surface area (TPSA) is 60.2 Å². The summed E-state index contributed by atoms with van der Waals surface area (Å²) in [6, 6.07) is 4.07. The smallest absolute Gasteiger partial charge is 0.224 e. The van der Waals surface area contributed by atoms with E-state index in [1.165, 1.54) is 0 Å². The molecule has 1 aliphatic carbocycles. The lowest BCUT2D eigenvalue weighted by Crippen LogP contribution is -2.31. The van der Waals surface area contributed by atoms with Crippen LogP contribution in [0.15, 0.2) is 28.3 Å². The number of nitrogens with zero attached hydrogens (tertiary/aromatic N) is 1. The third kappa shape index (κ3) is 3.05. The van der Waals surface area contributed by atoms with Crippen LogP contribution in [0.25, 0.3) is 0 Å². The van der Waals surface area contributed by atoms with Crippen molar-refractivity contribution in [2.45, 2.75) is 24.8 Å². The van der Waals surface area contributed by atoms with E-state index in [4.69, 9.17) is 23.2 Å². The molecule has 0 spiro atoms. The number of benzene rings is 1. The average Bonchev–Trinajstić information content (AvgIpc) is 2.38. The molecule has 0 aromatic heterocycles. The monoisotopic (exact) mass is 377 g/mol. The molecule has 106 valence electrons. The predicted octanol–water partition coefficient (Wildman–Crippen LogP) is 4.36. The largest absolute Gasteiger partial charge is 0.298 e. The molecule has 0 heterocycles. The Morgan fingerprint density at radius 2 is 2.05 bits per heavy atom. The van der Waals surface area contributed by atoms with Gasteiger partial charge in [-0.2, -0.15) is 0 Å². The van der Waals surface area contributed by atoms with Crippen LogP contribution in [0.1, 0.15) is 24.3 Å². The van der Waals surface area contributed by atoms with Gasteiger partial charge in [-0.3, -0.25) is 14.9 Å². The van der Waals surface area contributed by atoms with E-state index in [0.717, 1.165) is 0 Å². The van der Waals surface area contributed by atoms with Gasteiger partial charge in [0.25, 0.3) is 0 Å². The Morgan fingerprint density at radius 1 is 1.35 bits per heavy atom. The second kappa shape index (κ2) is 6.24. The maximum atomic E-state index is 11.3. The van der Waals surface area contributed by atoms with Gasteiger partial charge in [-0.25, -0.2) is 0 Å². The van der Waals surface area contributed by atoms with Gasteiger partial charge in [0.1, 0.15) is 6.29 Å². The summed E-state index contributed by atoms with van der Waals surface area (Å²) in [5.74, 6) is -0.382. The van der Waals surface area contributed by atoms with Crippen LogP contribution in [0.4, 0.5) is 0 Å². The molecule has 0 radical (unpaired) electrons. The quantitative estimate of drug-likeness (QED) is 0.446. The van der Waals surface area contributed by atoms with E-state index in [1.807, 2.05) is 0 Å². The maximum absolute atomic E-state index is 11.3. The molecule has 0 amide bonds. The van der Waals surface area contributed by atoms with Gasteiger partial charge in [-0.15, -0.1) is 0 Å². The maximum Gasteiger partial charge on any atom is 0.224 e. The zero-order chi connectivity index (χ0) is 14.9. The second-order valence-electron chi connectivity index (χ2n) is 4.58. The summed E-state index contributed by atoms with van der Waals surface area (Å²) in [7, 11) is 0. The normalized spacial score (nSPS) is 22.8. The van der Waals surface area contributed by atoms with Crippen molar-refractivity contribution in [3.8, 4) is 0 Å². The fourth-order valence-corrected chi connectivity index (χ4v) is 3.54. The minimum Gasteiger partial charge on any atom is -0.298 e. The van der Waals surface area contributed by atoms with Crippen molar-refractivity contribution in [3.63, 3.8) is 0 Å². The lowest BCUT2D eigenvalue weighted by molar-refractivity contribution is -0.526. The first-order chi connectivity index (χ1) is 9.43. The zero-order valence-electron chi connectivity index (χ0n) is 10.2. The standard InChI is InChI=1S/C13H10BrCl2NO3/c14-11-5-10(9-2-1-8(15)4-12(9)16)13(17(19)20)3-7(11)6-18/h1-2,4,6,10,13H,3,5H2/t10-,13+/m1/s1. The summed E-state index contributed by atoms with van der Waals surface area (Å²) < 4.78 is 0.696. The van der Waals surface area contributed by atoms with Gasteiger partial charge < -0.3 is 0 Å². The summed E-state index contributed by atoms with van der Waals surface area (Å²) in [4.78, 5) is 21.9. The number of allylic oxidation sites excluding steroid dienone is 1. The van der Waals surface area contributed by atoms with Crippen molar-refractivity contribution in [2.75, 3.05) is 0 Å². The first-order valence-electron chi connectivity index (χ1n) is 5.85. The Morgan fingerprint density at radius 3 is 2.60 bits per heavy atom. The summed E-state index contributed by atoms with van der Waals surface area (Å²) in [5, 5.41) is 12.2. The molecule has 20 heavy (non-hydrogen) atoms. The molecule has 0 bridgehead atoms. The molecule has 0 saturated heterocycles. The Kier molecular flexibility index (Phi) is 4.83. The number of hydrogen-bond donors (Lipinski definition) is 0. The van der Waals surface area contributed by atoms with Crippen LogP contribution in [0, 0.1) is 10.1 Å². The highest BCUT2D eigenvalue weighted by molar-refractivity contribution is 9.11. The van der Waals surface area contributed by atoms with Gasteiger partial charge in [0.05, 0.1) is 5.92 Å². The fourth-order valence-electron chi connectivity index (χ4n) is 2.39. The van der Waals surface area contributed by atoms with E-state index in [-0.39, 0.29) is 17.3 Å². The van der Waals surface area contributed by atoms with Gasteiger partial charge >= 0.3 is 0 Å². The molecule has 1 aliphatic rings. The predicted molar refractivity (Wildman–Crippen MR) is 81.2 cm³/mol. The van der Waals surface area contributed by atoms with Crippen molar-refractivity contribution in [1.29, 1.82) is 0 Å². The number of halogens is 3. The summed E-state index contributed by atoms with van der Waals surface area (Å²) in [6.07, 6.45) is 1.14. The molecular formula is C13H10BrCl2NO3. The number of nitro groups is 1. The molecule has 1 aromatic carbocycles. The molecule has 4 nitrogen and oxygen atoms in total. The minimum absolute atomic E-state index is 0.0979. The highest BCUT2D eigenvalue weighted by Gasteiger charge is 2.39. The van der Waals surface area contributed by atoms with Crippen molar-refractivity contribution in [3.05, 3.63) is 54.0 Å². The van der Waals surface area contributed by atoms with Crippen LogP contribution < -0.4 is 0 Å². The van der Waals surface area contributed by atoms with Crippen LogP contribution in [0.5, 0.6) is 0 Å². The molecule has 0 saturated carbocycles. The van der Waals surface area contributed by atoms with Gasteiger partial charge in [0.2, 0.25) is 6.04 Å². The molecule has 0 unspecified atom stereocenters. The van der Waals surface area contributed by atoms with Crippen LogP contribution in [0.3, 0.4) is 0 Å². The van der Waals surface area contributed by atoms with Gasteiger partial charge in [-0.1, -0.05) is 45.2 Å². The number of aldehydes is 1. The SMILES string of the molecule is O=CC1=C(Br)C[C@H](c2ccc(Cl)cc2Cl)[C@@H]([N+](=O)[O-])C1. The first kappa shape index (κ1) is 15.5. The molecule has 0 N–H and O–H groups in total. The zero-order valence-corrected chi connectivity index (χ0v) is 13.3. The van der Waals surface area contributed by atoms with E-state index >= 15 is 0 Å². The lowest BCUT2D eigenvalue weighted by atomic mass is 9.81. The highest BCUT2D eigenvalue weighted by Crippen LogP contribution is 2.42. The average molecular weight is 379 g/mol. The fraction of sp³-hybridized carbons (Fsp3) is 0.308. The van der Waals surface area contributed by atoms with Crippen molar-refractivity contribution in [1.82, 2.24) is 0 Å². The van der Waals surface area contributed by atoms with Crippen molar-refractivity contribution < 1.29 is 9.72 Å². The molecule has 2 atom stereocenters. The number of carbonyl (C=O) groups is 1. The summed E-state index contributed by atoms with van der Waals surface area (Å²) in [6.45, 7) is 0. The molecule has 0 fully saturated rings. The van der Waals surface area contributed by atoms with Gasteiger partial charge in [0.15, 0.2) is 0 Å². The molecule has 0 aliphatic heterocycles. The molecule has 1 aromatic rings. The van der Waals surface area contributed by atoms with Gasteiger partial charge in [-0.05, 0) is 24.1 Å². The first-order valence-corrected chi connectivity index (χ1v) is 7.40. The third-order valence-corrected chi connectivity index (χ3v) is 4.81. The number of rotatable bonds is 3. The summed E-state index contributed by atoms with van der Waals surface area (Å²) >= 11 is 15.3. The third-order valence-electron chi connectivity index (χ3n) is 3.42.